The first-order chi connectivity index (χ1) is 4.63. The number of rotatable bonds is 4. The van der Waals surface area contributed by atoms with Gasteiger partial charge in [-0.15, -0.1) is 11.8 Å². The Morgan fingerprint density at radius 2 is 2.20 bits per heavy atom. The standard InChI is InChI=1S/C8H14OS/c1-7(2)6-10-5-4-8(3)9/h4-5,7H,6H2,1-3H3/b5-4+. The maximum absolute atomic E-state index is 10.4. The van der Waals surface area contributed by atoms with Crippen molar-refractivity contribution in [1.29, 1.82) is 0 Å². The number of allylic oxidation sites excluding steroid dienone is 1. The first-order valence-corrected chi connectivity index (χ1v) is 4.46. The molecule has 0 radical (unpaired) electrons. The van der Waals surface area contributed by atoms with Crippen molar-refractivity contribution in [2.75, 3.05) is 5.75 Å². The van der Waals surface area contributed by atoms with E-state index >= 15 is 0 Å². The molecule has 1 nitrogen and oxygen atoms in total. The summed E-state index contributed by atoms with van der Waals surface area (Å²) in [6.45, 7) is 5.88. The first kappa shape index (κ1) is 9.76. The van der Waals surface area contributed by atoms with Crippen LogP contribution in [0.25, 0.3) is 0 Å². The average molecular weight is 158 g/mol. The molecule has 0 atom stereocenters. The van der Waals surface area contributed by atoms with E-state index in [9.17, 15) is 4.79 Å². The highest BCUT2D eigenvalue weighted by Gasteiger charge is 1.89. The molecule has 0 rings (SSSR count). The Balaban J connectivity index is 3.27. The summed E-state index contributed by atoms with van der Waals surface area (Å²) in [5, 5.41) is 1.86. The molecule has 0 saturated heterocycles. The Morgan fingerprint density at radius 3 is 2.60 bits per heavy atom. The maximum atomic E-state index is 10.4. The summed E-state index contributed by atoms with van der Waals surface area (Å²) in [4.78, 5) is 10.4. The minimum absolute atomic E-state index is 0.122. The van der Waals surface area contributed by atoms with Gasteiger partial charge in [0.2, 0.25) is 0 Å². The van der Waals surface area contributed by atoms with Crippen molar-refractivity contribution in [3.63, 3.8) is 0 Å². The molecule has 58 valence electrons. The van der Waals surface area contributed by atoms with Crippen LogP contribution in [0.4, 0.5) is 0 Å². The van der Waals surface area contributed by atoms with Crippen molar-refractivity contribution in [2.45, 2.75) is 20.8 Å². The van der Waals surface area contributed by atoms with Crippen molar-refractivity contribution in [3.8, 4) is 0 Å². The lowest BCUT2D eigenvalue weighted by molar-refractivity contribution is -0.112. The minimum atomic E-state index is 0.122. The van der Waals surface area contributed by atoms with Crippen LogP contribution >= 0.6 is 11.8 Å². The third kappa shape index (κ3) is 7.76. The van der Waals surface area contributed by atoms with Gasteiger partial charge < -0.3 is 0 Å². The molecule has 0 unspecified atom stereocenters. The molecule has 0 amide bonds. The van der Waals surface area contributed by atoms with E-state index < -0.39 is 0 Å². The molecule has 0 spiro atoms. The maximum Gasteiger partial charge on any atom is 0.153 e. The van der Waals surface area contributed by atoms with E-state index in [1.807, 2.05) is 5.41 Å². The van der Waals surface area contributed by atoms with Gasteiger partial charge in [-0.25, -0.2) is 0 Å². The van der Waals surface area contributed by atoms with Crippen molar-refractivity contribution in [1.82, 2.24) is 0 Å². The lowest BCUT2D eigenvalue weighted by atomic mass is 10.3. The van der Waals surface area contributed by atoms with Crippen LogP contribution in [-0.4, -0.2) is 11.5 Å². The van der Waals surface area contributed by atoms with E-state index in [2.05, 4.69) is 13.8 Å². The normalized spacial score (nSPS) is 11.2. The van der Waals surface area contributed by atoms with Crippen molar-refractivity contribution < 1.29 is 4.79 Å². The molecule has 0 aliphatic heterocycles. The predicted octanol–water partition coefficient (Wildman–Crippen LogP) is 2.48. The third-order valence-corrected chi connectivity index (χ3v) is 2.02. The van der Waals surface area contributed by atoms with Gasteiger partial charge in [-0.05, 0) is 30.1 Å². The Kier molecular flexibility index (Phi) is 5.40. The van der Waals surface area contributed by atoms with E-state index in [1.54, 1.807) is 24.8 Å². The van der Waals surface area contributed by atoms with Gasteiger partial charge in [0.05, 0.1) is 0 Å². The molecule has 0 N–H and O–H groups in total. The Bertz CT molecular complexity index is 127. The molecule has 0 aliphatic rings. The summed E-state index contributed by atoms with van der Waals surface area (Å²) in [6.07, 6.45) is 1.60. The highest BCUT2D eigenvalue weighted by molar-refractivity contribution is 8.02. The third-order valence-electron chi connectivity index (χ3n) is 0.829. The van der Waals surface area contributed by atoms with Crippen LogP contribution in [0.15, 0.2) is 11.5 Å². The van der Waals surface area contributed by atoms with E-state index in [0.717, 1.165) is 5.75 Å². The van der Waals surface area contributed by atoms with E-state index in [-0.39, 0.29) is 5.78 Å². The quantitative estimate of drug-likeness (QED) is 0.585. The van der Waals surface area contributed by atoms with Gasteiger partial charge in [-0.2, -0.15) is 0 Å². The second-order valence-electron chi connectivity index (χ2n) is 2.64. The smallest absolute Gasteiger partial charge is 0.153 e. The van der Waals surface area contributed by atoms with Crippen LogP contribution in [0.2, 0.25) is 0 Å². The van der Waals surface area contributed by atoms with Crippen LogP contribution in [0.1, 0.15) is 20.8 Å². The van der Waals surface area contributed by atoms with Gasteiger partial charge >= 0.3 is 0 Å². The van der Waals surface area contributed by atoms with Crippen molar-refractivity contribution in [3.05, 3.63) is 11.5 Å². The molecule has 0 heterocycles. The fourth-order valence-corrected chi connectivity index (χ4v) is 1.18. The van der Waals surface area contributed by atoms with Gasteiger partial charge in [0, 0.05) is 0 Å². The Hall–Kier alpha value is -0.240. The fraction of sp³-hybridized carbons (Fsp3) is 0.625. The number of thioether (sulfide) groups is 1. The number of ketones is 1. The Labute approximate surface area is 66.9 Å². The van der Waals surface area contributed by atoms with Crippen LogP contribution in [0.3, 0.4) is 0 Å². The van der Waals surface area contributed by atoms with E-state index in [4.69, 9.17) is 0 Å². The molecular formula is C8H14OS. The SMILES string of the molecule is CC(=O)/C=C/SCC(C)C. The molecule has 2 heteroatoms. The van der Waals surface area contributed by atoms with Gasteiger partial charge in [-0.3, -0.25) is 4.79 Å². The second-order valence-corrected chi connectivity index (χ2v) is 3.58. The lowest BCUT2D eigenvalue weighted by Gasteiger charge is -1.97. The summed E-state index contributed by atoms with van der Waals surface area (Å²) < 4.78 is 0. The summed E-state index contributed by atoms with van der Waals surface area (Å²) in [5.74, 6) is 1.90. The van der Waals surface area contributed by atoms with Gasteiger partial charge in [0.15, 0.2) is 5.78 Å². The summed E-state index contributed by atoms with van der Waals surface area (Å²) in [6, 6.07) is 0. The summed E-state index contributed by atoms with van der Waals surface area (Å²) >= 11 is 1.69. The van der Waals surface area contributed by atoms with Gasteiger partial charge in [0.25, 0.3) is 0 Å². The molecule has 0 bridgehead atoms. The fourth-order valence-electron chi connectivity index (χ4n) is 0.392. The largest absolute Gasteiger partial charge is 0.295 e. The summed E-state index contributed by atoms with van der Waals surface area (Å²) in [5.41, 5.74) is 0. The molecule has 10 heavy (non-hydrogen) atoms. The molecular weight excluding hydrogens is 144 g/mol. The zero-order valence-electron chi connectivity index (χ0n) is 6.76. The van der Waals surface area contributed by atoms with Crippen molar-refractivity contribution >= 4 is 17.5 Å². The Morgan fingerprint density at radius 1 is 1.60 bits per heavy atom. The molecule has 0 saturated carbocycles. The zero-order chi connectivity index (χ0) is 7.98. The van der Waals surface area contributed by atoms with E-state index in [1.165, 1.54) is 0 Å². The van der Waals surface area contributed by atoms with Crippen LogP contribution in [-0.2, 0) is 4.79 Å². The lowest BCUT2D eigenvalue weighted by Crippen LogP contribution is -1.88. The van der Waals surface area contributed by atoms with Gasteiger partial charge in [0.1, 0.15) is 0 Å². The number of hydrogen-bond donors (Lipinski definition) is 0. The number of hydrogen-bond acceptors (Lipinski definition) is 2. The first-order valence-electron chi connectivity index (χ1n) is 3.41. The van der Waals surface area contributed by atoms with Crippen molar-refractivity contribution in [2.24, 2.45) is 5.92 Å². The monoisotopic (exact) mass is 158 g/mol. The molecule has 0 aliphatic carbocycles. The predicted molar refractivity (Wildman–Crippen MR) is 47.1 cm³/mol. The highest BCUT2D eigenvalue weighted by Crippen LogP contribution is 2.07. The van der Waals surface area contributed by atoms with Crippen LogP contribution < -0.4 is 0 Å². The summed E-state index contributed by atoms with van der Waals surface area (Å²) in [7, 11) is 0. The topological polar surface area (TPSA) is 17.1 Å². The number of carbonyl (C=O) groups is 1. The molecule has 0 aromatic rings. The highest BCUT2D eigenvalue weighted by atomic mass is 32.2. The zero-order valence-corrected chi connectivity index (χ0v) is 7.57. The van der Waals surface area contributed by atoms with Crippen LogP contribution in [0.5, 0.6) is 0 Å². The van der Waals surface area contributed by atoms with Crippen LogP contribution in [0, 0.1) is 5.92 Å². The second kappa shape index (κ2) is 5.54. The molecule has 0 aromatic carbocycles. The molecule has 0 fully saturated rings. The van der Waals surface area contributed by atoms with Gasteiger partial charge in [-0.1, -0.05) is 13.8 Å². The average Bonchev–Trinajstić information content (AvgIpc) is 1.79. The number of carbonyl (C=O) groups excluding carboxylic acids is 1. The minimum Gasteiger partial charge on any atom is -0.295 e. The molecule has 0 aromatic heterocycles. The van der Waals surface area contributed by atoms with E-state index in [0.29, 0.717) is 5.92 Å².